The Balaban J connectivity index is 2.01. The number of piperidine rings is 1. The minimum absolute atomic E-state index is 0.0187. The summed E-state index contributed by atoms with van der Waals surface area (Å²) < 4.78 is 0. The molecular weight excluding hydrogens is 194 g/mol. The van der Waals surface area contributed by atoms with Crippen molar-refractivity contribution in [1.29, 1.82) is 0 Å². The van der Waals surface area contributed by atoms with Gasteiger partial charge in [0.05, 0.1) is 13.0 Å². The molecule has 1 aromatic heterocycles. The number of hydrogen-bond acceptors (Lipinski definition) is 4. The van der Waals surface area contributed by atoms with Gasteiger partial charge in [-0.1, -0.05) is 0 Å². The minimum atomic E-state index is -0.126. The molecule has 0 N–H and O–H groups in total. The second-order valence-electron chi connectivity index (χ2n) is 3.45. The van der Waals surface area contributed by atoms with Gasteiger partial charge in [-0.25, -0.2) is 9.97 Å². The Morgan fingerprint density at radius 1 is 1.27 bits per heavy atom. The first-order valence-electron chi connectivity index (χ1n) is 4.81. The number of rotatable bonds is 2. The molecule has 1 amide bonds. The van der Waals surface area contributed by atoms with E-state index in [-0.39, 0.29) is 18.1 Å². The fourth-order valence-electron chi connectivity index (χ4n) is 1.50. The van der Waals surface area contributed by atoms with Gasteiger partial charge in [-0.3, -0.25) is 9.59 Å². The summed E-state index contributed by atoms with van der Waals surface area (Å²) >= 11 is 0. The number of Topliss-reactive ketones (excluding diaryl/α,β-unsaturated/α-hetero) is 1. The van der Waals surface area contributed by atoms with Gasteiger partial charge in [-0.15, -0.1) is 0 Å². The zero-order valence-corrected chi connectivity index (χ0v) is 8.22. The van der Waals surface area contributed by atoms with E-state index in [2.05, 4.69) is 9.97 Å². The van der Waals surface area contributed by atoms with Crippen molar-refractivity contribution in [2.45, 2.75) is 19.4 Å². The number of ketones is 1. The van der Waals surface area contributed by atoms with Gasteiger partial charge in [0, 0.05) is 25.4 Å². The van der Waals surface area contributed by atoms with Crippen LogP contribution in [0.1, 0.15) is 18.7 Å². The number of nitrogens with zero attached hydrogens (tertiary/aromatic N) is 3. The van der Waals surface area contributed by atoms with E-state index in [0.29, 0.717) is 25.3 Å². The average Bonchev–Trinajstić information content (AvgIpc) is 2.24. The summed E-state index contributed by atoms with van der Waals surface area (Å²) in [6.07, 6.45) is 3.75. The first-order valence-corrected chi connectivity index (χ1v) is 4.81. The monoisotopic (exact) mass is 205 g/mol. The fraction of sp³-hybridized carbons (Fsp3) is 0.400. The molecule has 1 aliphatic rings. The van der Waals surface area contributed by atoms with Gasteiger partial charge >= 0.3 is 0 Å². The predicted octanol–water partition coefficient (Wildman–Crippen LogP) is 0.168. The van der Waals surface area contributed by atoms with Crippen LogP contribution < -0.4 is 0 Å². The molecule has 0 spiro atoms. The van der Waals surface area contributed by atoms with Gasteiger partial charge in [-0.05, 0) is 6.07 Å². The molecule has 0 aromatic carbocycles. The molecule has 0 bridgehead atoms. The fourth-order valence-corrected chi connectivity index (χ4v) is 1.50. The molecule has 1 saturated heterocycles. The zero-order chi connectivity index (χ0) is 10.7. The predicted molar refractivity (Wildman–Crippen MR) is 51.7 cm³/mol. The van der Waals surface area contributed by atoms with E-state index < -0.39 is 0 Å². The largest absolute Gasteiger partial charge is 0.334 e. The first-order chi connectivity index (χ1) is 7.25. The van der Waals surface area contributed by atoms with E-state index in [1.165, 1.54) is 0 Å². The lowest BCUT2D eigenvalue weighted by molar-refractivity contribution is -0.140. The molecule has 78 valence electrons. The Hall–Kier alpha value is -1.78. The normalized spacial score (nSPS) is 16.9. The number of aromatic nitrogens is 2. The topological polar surface area (TPSA) is 63.2 Å². The maximum atomic E-state index is 11.5. The first kappa shape index (κ1) is 9.76. The van der Waals surface area contributed by atoms with E-state index in [9.17, 15) is 9.59 Å². The molecule has 2 heterocycles. The van der Waals surface area contributed by atoms with Crippen LogP contribution in [0, 0.1) is 0 Å². The lowest BCUT2D eigenvalue weighted by atomic mass is 10.1. The molecule has 1 aliphatic heterocycles. The molecule has 0 saturated carbocycles. The standard InChI is InChI=1S/C10H11N3O2/c14-8-2-5-13(10(15)6-8)7-9-11-3-1-4-12-9/h1,3-4H,2,5-7H2. The summed E-state index contributed by atoms with van der Waals surface area (Å²) in [5.41, 5.74) is 0. The van der Waals surface area contributed by atoms with E-state index in [4.69, 9.17) is 0 Å². The van der Waals surface area contributed by atoms with Crippen molar-refractivity contribution >= 4 is 11.7 Å². The summed E-state index contributed by atoms with van der Waals surface area (Å²) in [6.45, 7) is 0.878. The van der Waals surface area contributed by atoms with Crippen LogP contribution in [0.15, 0.2) is 18.5 Å². The SMILES string of the molecule is O=C1CCN(Cc2ncccn2)C(=O)C1. The Bertz CT molecular complexity index is 378. The van der Waals surface area contributed by atoms with Crippen LogP contribution in [0.2, 0.25) is 0 Å². The van der Waals surface area contributed by atoms with Gasteiger partial charge in [0.15, 0.2) is 0 Å². The van der Waals surface area contributed by atoms with Crippen molar-refractivity contribution < 1.29 is 9.59 Å². The van der Waals surface area contributed by atoms with Crippen molar-refractivity contribution in [2.75, 3.05) is 6.54 Å². The van der Waals surface area contributed by atoms with Gasteiger partial charge < -0.3 is 4.90 Å². The highest BCUT2D eigenvalue weighted by atomic mass is 16.2. The van der Waals surface area contributed by atoms with Gasteiger partial charge in [-0.2, -0.15) is 0 Å². The van der Waals surface area contributed by atoms with Gasteiger partial charge in [0.25, 0.3) is 0 Å². The zero-order valence-electron chi connectivity index (χ0n) is 8.22. The third-order valence-corrected chi connectivity index (χ3v) is 2.31. The van der Waals surface area contributed by atoms with Crippen molar-refractivity contribution in [3.05, 3.63) is 24.3 Å². The quantitative estimate of drug-likeness (QED) is 0.645. The van der Waals surface area contributed by atoms with Crippen molar-refractivity contribution in [1.82, 2.24) is 14.9 Å². The van der Waals surface area contributed by atoms with Crippen molar-refractivity contribution in [2.24, 2.45) is 0 Å². The van der Waals surface area contributed by atoms with Crippen LogP contribution in [0.25, 0.3) is 0 Å². The number of likely N-dealkylation sites (tertiary alicyclic amines) is 1. The van der Waals surface area contributed by atoms with Crippen LogP contribution in [0.4, 0.5) is 0 Å². The summed E-state index contributed by atoms with van der Waals surface area (Å²) in [7, 11) is 0. The van der Waals surface area contributed by atoms with Crippen LogP contribution >= 0.6 is 0 Å². The number of carbonyl (C=O) groups excluding carboxylic acids is 2. The van der Waals surface area contributed by atoms with Crippen LogP contribution in [0.3, 0.4) is 0 Å². The van der Waals surface area contributed by atoms with E-state index in [1.807, 2.05) is 0 Å². The van der Waals surface area contributed by atoms with Crippen LogP contribution in [-0.4, -0.2) is 33.1 Å². The lowest BCUT2D eigenvalue weighted by Crippen LogP contribution is -2.38. The average molecular weight is 205 g/mol. The van der Waals surface area contributed by atoms with Crippen molar-refractivity contribution in [3.8, 4) is 0 Å². The molecule has 5 heteroatoms. The maximum absolute atomic E-state index is 11.5. The van der Waals surface area contributed by atoms with Gasteiger partial charge in [0.1, 0.15) is 11.6 Å². The second-order valence-corrected chi connectivity index (χ2v) is 3.45. The maximum Gasteiger partial charge on any atom is 0.230 e. The highest BCUT2D eigenvalue weighted by Gasteiger charge is 2.23. The highest BCUT2D eigenvalue weighted by molar-refractivity contribution is 6.00. The Kier molecular flexibility index (Phi) is 2.71. The second kappa shape index (κ2) is 4.16. The number of amides is 1. The third-order valence-electron chi connectivity index (χ3n) is 2.31. The van der Waals surface area contributed by atoms with E-state index in [1.54, 1.807) is 23.4 Å². The summed E-state index contributed by atoms with van der Waals surface area (Å²) in [5.74, 6) is 0.504. The molecule has 5 nitrogen and oxygen atoms in total. The minimum Gasteiger partial charge on any atom is -0.334 e. The molecule has 0 radical (unpaired) electrons. The summed E-state index contributed by atoms with van der Waals surface area (Å²) in [6, 6.07) is 1.73. The number of hydrogen-bond donors (Lipinski definition) is 0. The molecule has 2 rings (SSSR count). The van der Waals surface area contributed by atoms with Crippen LogP contribution in [-0.2, 0) is 16.1 Å². The van der Waals surface area contributed by atoms with Gasteiger partial charge in [0.2, 0.25) is 5.91 Å². The molecule has 15 heavy (non-hydrogen) atoms. The number of carbonyl (C=O) groups is 2. The summed E-state index contributed by atoms with van der Waals surface area (Å²) in [5, 5.41) is 0. The lowest BCUT2D eigenvalue weighted by Gasteiger charge is -2.25. The highest BCUT2D eigenvalue weighted by Crippen LogP contribution is 2.09. The third kappa shape index (κ3) is 2.37. The molecular formula is C10H11N3O2. The summed E-state index contributed by atoms with van der Waals surface area (Å²) in [4.78, 5) is 32.1. The molecule has 0 atom stereocenters. The van der Waals surface area contributed by atoms with E-state index >= 15 is 0 Å². The van der Waals surface area contributed by atoms with Crippen LogP contribution in [0.5, 0.6) is 0 Å². The van der Waals surface area contributed by atoms with E-state index in [0.717, 1.165) is 0 Å². The Morgan fingerprint density at radius 3 is 2.67 bits per heavy atom. The Labute approximate surface area is 87.1 Å². The molecule has 1 aromatic rings. The smallest absolute Gasteiger partial charge is 0.230 e. The molecule has 0 unspecified atom stereocenters. The molecule has 1 fully saturated rings. The van der Waals surface area contributed by atoms with Crippen molar-refractivity contribution in [3.63, 3.8) is 0 Å². The molecule has 0 aliphatic carbocycles. The Morgan fingerprint density at radius 2 is 2.00 bits per heavy atom.